The Bertz CT molecular complexity index is 123. The second-order valence-electron chi connectivity index (χ2n) is 4.86. The fourth-order valence-electron chi connectivity index (χ4n) is 1.80. The van der Waals surface area contributed by atoms with Crippen LogP contribution in [0.5, 0.6) is 0 Å². The van der Waals surface area contributed by atoms with E-state index in [9.17, 15) is 0 Å². The van der Waals surface area contributed by atoms with Crippen molar-refractivity contribution in [2.24, 2.45) is 5.92 Å². The molecule has 2 atom stereocenters. The summed E-state index contributed by atoms with van der Waals surface area (Å²) < 4.78 is 0. The summed E-state index contributed by atoms with van der Waals surface area (Å²) in [4.78, 5) is 0. The van der Waals surface area contributed by atoms with Crippen LogP contribution in [0.3, 0.4) is 0 Å². The highest BCUT2D eigenvalue weighted by Crippen LogP contribution is 2.53. The molecule has 1 aliphatic heterocycles. The van der Waals surface area contributed by atoms with Crippen molar-refractivity contribution in [2.45, 2.75) is 45.7 Å². The lowest BCUT2D eigenvalue weighted by Gasteiger charge is -2.37. The van der Waals surface area contributed by atoms with Crippen molar-refractivity contribution >= 4 is 7.92 Å². The van der Waals surface area contributed by atoms with Gasteiger partial charge in [-0.3, -0.25) is 0 Å². The topological polar surface area (TPSA) is 0 Å². The first-order valence-electron chi connectivity index (χ1n) is 4.75. The van der Waals surface area contributed by atoms with Crippen molar-refractivity contribution in [3.8, 4) is 0 Å². The van der Waals surface area contributed by atoms with E-state index in [0.29, 0.717) is 13.1 Å². The highest BCUT2D eigenvalue weighted by molar-refractivity contribution is 7.59. The molecular formula is C10H21P. The quantitative estimate of drug-likeness (QED) is 0.489. The fourth-order valence-corrected chi connectivity index (χ4v) is 4.70. The van der Waals surface area contributed by atoms with Crippen LogP contribution in [0.1, 0.15) is 40.5 Å². The van der Waals surface area contributed by atoms with Crippen LogP contribution in [-0.4, -0.2) is 17.5 Å². The lowest BCUT2D eigenvalue weighted by molar-refractivity contribution is 0.555. The molecule has 11 heavy (non-hydrogen) atoms. The SMILES string of the molecule is CC1CCCP(C(C)(C)C)C1. The molecule has 1 heterocycles. The average molecular weight is 172 g/mol. The first-order valence-corrected chi connectivity index (χ1v) is 6.46. The molecule has 1 saturated heterocycles. The largest absolute Gasteiger partial charge is 0.101 e. The molecule has 0 aromatic heterocycles. The third kappa shape index (κ3) is 2.75. The maximum absolute atomic E-state index is 2.42. The Morgan fingerprint density at radius 2 is 1.91 bits per heavy atom. The maximum atomic E-state index is 2.42. The maximum Gasteiger partial charge on any atom is -0.0179 e. The van der Waals surface area contributed by atoms with Crippen LogP contribution in [0.4, 0.5) is 0 Å². The third-order valence-corrected chi connectivity index (χ3v) is 6.42. The van der Waals surface area contributed by atoms with Crippen molar-refractivity contribution in [1.82, 2.24) is 0 Å². The van der Waals surface area contributed by atoms with E-state index in [-0.39, 0.29) is 0 Å². The van der Waals surface area contributed by atoms with Crippen molar-refractivity contribution in [1.29, 1.82) is 0 Å². The van der Waals surface area contributed by atoms with Gasteiger partial charge in [0.25, 0.3) is 0 Å². The van der Waals surface area contributed by atoms with Gasteiger partial charge in [0.2, 0.25) is 0 Å². The van der Waals surface area contributed by atoms with E-state index < -0.39 is 0 Å². The summed E-state index contributed by atoms with van der Waals surface area (Å²) in [6.45, 7) is 9.66. The molecule has 0 aliphatic carbocycles. The Hall–Kier alpha value is 0.430. The molecule has 1 rings (SSSR count). The van der Waals surface area contributed by atoms with Gasteiger partial charge in [0, 0.05) is 0 Å². The molecule has 1 heteroatoms. The van der Waals surface area contributed by atoms with Gasteiger partial charge in [0.05, 0.1) is 0 Å². The van der Waals surface area contributed by atoms with Crippen LogP contribution in [0.15, 0.2) is 0 Å². The van der Waals surface area contributed by atoms with Crippen molar-refractivity contribution in [3.63, 3.8) is 0 Å². The van der Waals surface area contributed by atoms with E-state index in [0.717, 1.165) is 5.92 Å². The molecule has 66 valence electrons. The third-order valence-electron chi connectivity index (χ3n) is 2.61. The second-order valence-corrected chi connectivity index (χ2v) is 8.10. The van der Waals surface area contributed by atoms with Gasteiger partial charge in [0.1, 0.15) is 0 Å². The van der Waals surface area contributed by atoms with E-state index in [1.165, 1.54) is 25.2 Å². The van der Waals surface area contributed by atoms with Crippen LogP contribution in [0.25, 0.3) is 0 Å². The van der Waals surface area contributed by atoms with E-state index in [2.05, 4.69) is 27.7 Å². The standard InChI is InChI=1S/C10H21P/c1-9-6-5-7-11(8-9)10(2,3)4/h9H,5-8H2,1-4H3. The van der Waals surface area contributed by atoms with Gasteiger partial charge >= 0.3 is 0 Å². The van der Waals surface area contributed by atoms with Crippen LogP contribution in [0, 0.1) is 5.92 Å². The molecule has 0 spiro atoms. The van der Waals surface area contributed by atoms with Crippen LogP contribution >= 0.6 is 7.92 Å². The normalized spacial score (nSPS) is 33.8. The molecule has 0 bridgehead atoms. The average Bonchev–Trinajstić information content (AvgIpc) is 1.86. The number of hydrogen-bond donors (Lipinski definition) is 0. The zero-order chi connectivity index (χ0) is 8.48. The molecule has 0 saturated carbocycles. The second kappa shape index (κ2) is 3.44. The van der Waals surface area contributed by atoms with Crippen LogP contribution in [-0.2, 0) is 0 Å². The Morgan fingerprint density at radius 1 is 1.27 bits per heavy atom. The number of hydrogen-bond acceptors (Lipinski definition) is 0. The molecule has 0 amide bonds. The molecule has 0 N–H and O–H groups in total. The summed E-state index contributed by atoms with van der Waals surface area (Å²) in [6, 6.07) is 0. The molecular weight excluding hydrogens is 151 g/mol. The van der Waals surface area contributed by atoms with Crippen molar-refractivity contribution in [2.75, 3.05) is 12.3 Å². The Kier molecular flexibility index (Phi) is 2.97. The zero-order valence-electron chi connectivity index (χ0n) is 8.35. The predicted molar refractivity (Wildman–Crippen MR) is 54.8 cm³/mol. The van der Waals surface area contributed by atoms with Crippen LogP contribution in [0.2, 0.25) is 0 Å². The van der Waals surface area contributed by atoms with E-state index in [1.54, 1.807) is 0 Å². The molecule has 1 aliphatic rings. The van der Waals surface area contributed by atoms with Gasteiger partial charge in [-0.15, -0.1) is 7.92 Å². The summed E-state index contributed by atoms with van der Waals surface area (Å²) >= 11 is 0. The summed E-state index contributed by atoms with van der Waals surface area (Å²) in [5, 5.41) is 0.615. The minimum atomic E-state index is 0.348. The molecule has 2 unspecified atom stereocenters. The molecule has 0 aromatic carbocycles. The molecule has 1 fully saturated rings. The first kappa shape index (κ1) is 9.52. The minimum Gasteiger partial charge on any atom is -0.101 e. The molecule has 0 radical (unpaired) electrons. The summed E-state index contributed by atoms with van der Waals surface area (Å²) in [5.74, 6) is 1.01. The van der Waals surface area contributed by atoms with Gasteiger partial charge in [0.15, 0.2) is 0 Å². The smallest absolute Gasteiger partial charge is 0.0179 e. The molecule has 0 aromatic rings. The van der Waals surface area contributed by atoms with Gasteiger partial charge < -0.3 is 0 Å². The zero-order valence-corrected chi connectivity index (χ0v) is 9.25. The summed E-state index contributed by atoms with van der Waals surface area (Å²) in [6.07, 6.45) is 6.03. The van der Waals surface area contributed by atoms with E-state index in [1.807, 2.05) is 0 Å². The lowest BCUT2D eigenvalue weighted by Crippen LogP contribution is -2.21. The van der Waals surface area contributed by atoms with Gasteiger partial charge in [-0.25, -0.2) is 0 Å². The van der Waals surface area contributed by atoms with Crippen molar-refractivity contribution < 1.29 is 0 Å². The van der Waals surface area contributed by atoms with Gasteiger partial charge in [-0.2, -0.15) is 0 Å². The Morgan fingerprint density at radius 3 is 2.27 bits per heavy atom. The summed E-state index contributed by atoms with van der Waals surface area (Å²) in [5.41, 5.74) is 0. The lowest BCUT2D eigenvalue weighted by atomic mass is 10.1. The first-order chi connectivity index (χ1) is 5.00. The van der Waals surface area contributed by atoms with E-state index >= 15 is 0 Å². The highest BCUT2D eigenvalue weighted by atomic mass is 31.1. The highest BCUT2D eigenvalue weighted by Gasteiger charge is 2.27. The Balaban J connectivity index is 2.46. The Labute approximate surface area is 72.5 Å². The van der Waals surface area contributed by atoms with E-state index in [4.69, 9.17) is 0 Å². The molecule has 0 nitrogen and oxygen atoms in total. The predicted octanol–water partition coefficient (Wildman–Crippen LogP) is 3.70. The monoisotopic (exact) mass is 172 g/mol. The van der Waals surface area contributed by atoms with Crippen molar-refractivity contribution in [3.05, 3.63) is 0 Å². The minimum absolute atomic E-state index is 0.348. The van der Waals surface area contributed by atoms with Crippen LogP contribution < -0.4 is 0 Å². The fraction of sp³-hybridized carbons (Fsp3) is 1.00. The van der Waals surface area contributed by atoms with Gasteiger partial charge in [-0.1, -0.05) is 34.1 Å². The van der Waals surface area contributed by atoms with Gasteiger partial charge in [-0.05, 0) is 29.8 Å². The number of rotatable bonds is 0. The summed E-state index contributed by atoms with van der Waals surface area (Å²) in [7, 11) is 0.348.